The SMILES string of the molecule is COc1cc(C)c(-c2ccc3oc(C)c(C(=O)Nc4ccc(F)cc4)c3c2)cc1C(=O)NC1(c2ncccn2)CC1. The molecular formula is C32H27FN4O4. The Kier molecular flexibility index (Phi) is 6.49. The summed E-state index contributed by atoms with van der Waals surface area (Å²) in [5.41, 5.74) is 3.70. The maximum atomic E-state index is 13.6. The van der Waals surface area contributed by atoms with Gasteiger partial charge in [0.2, 0.25) is 0 Å². The largest absolute Gasteiger partial charge is 0.496 e. The molecule has 9 heteroatoms. The third-order valence-corrected chi connectivity index (χ3v) is 7.39. The number of rotatable bonds is 7. The van der Waals surface area contributed by atoms with Crippen molar-refractivity contribution >= 4 is 28.5 Å². The molecule has 0 unspecified atom stereocenters. The van der Waals surface area contributed by atoms with Gasteiger partial charge in [0.1, 0.15) is 28.4 Å². The van der Waals surface area contributed by atoms with Crippen LogP contribution >= 0.6 is 0 Å². The predicted molar refractivity (Wildman–Crippen MR) is 152 cm³/mol. The first-order valence-electron chi connectivity index (χ1n) is 13.2. The highest BCUT2D eigenvalue weighted by Crippen LogP contribution is 2.44. The van der Waals surface area contributed by atoms with Crippen molar-refractivity contribution in [2.75, 3.05) is 12.4 Å². The first kappa shape index (κ1) is 26.2. The lowest BCUT2D eigenvalue weighted by Crippen LogP contribution is -2.36. The molecule has 2 amide bonds. The first-order chi connectivity index (χ1) is 19.8. The molecule has 1 fully saturated rings. The van der Waals surface area contributed by atoms with Gasteiger partial charge < -0.3 is 19.8 Å². The standard InChI is InChI=1S/C32H27FN4O4/c1-18-15-27(40-3)25(29(38)37-32(11-12-32)31-34-13-4-14-35-31)17-23(18)20-5-10-26-24(16-20)28(19(2)41-26)30(39)36-22-8-6-21(33)7-9-22/h4-10,13-17H,11-12H2,1-3H3,(H,36,39)(H,37,38). The van der Waals surface area contributed by atoms with E-state index < -0.39 is 5.54 Å². The fraction of sp³-hybridized carbons (Fsp3) is 0.188. The number of furan rings is 1. The van der Waals surface area contributed by atoms with Crippen molar-refractivity contribution in [3.8, 4) is 16.9 Å². The minimum atomic E-state index is -0.589. The van der Waals surface area contributed by atoms with E-state index in [4.69, 9.17) is 9.15 Å². The third-order valence-electron chi connectivity index (χ3n) is 7.39. The van der Waals surface area contributed by atoms with Crippen molar-refractivity contribution in [3.63, 3.8) is 0 Å². The molecule has 3 aromatic carbocycles. The summed E-state index contributed by atoms with van der Waals surface area (Å²) in [7, 11) is 1.53. The summed E-state index contributed by atoms with van der Waals surface area (Å²) in [5, 5.41) is 6.56. The highest BCUT2D eigenvalue weighted by atomic mass is 19.1. The van der Waals surface area contributed by atoms with Crippen molar-refractivity contribution < 1.29 is 23.1 Å². The minimum absolute atomic E-state index is 0.285. The molecule has 0 atom stereocenters. The van der Waals surface area contributed by atoms with Gasteiger partial charge in [-0.1, -0.05) is 6.07 Å². The number of aromatic nitrogens is 2. The Morgan fingerprint density at radius 2 is 1.71 bits per heavy atom. The van der Waals surface area contributed by atoms with Crippen molar-refractivity contribution in [2.45, 2.75) is 32.2 Å². The molecule has 206 valence electrons. The van der Waals surface area contributed by atoms with Gasteiger partial charge in [-0.2, -0.15) is 0 Å². The average Bonchev–Trinajstić information content (AvgIpc) is 3.68. The second kappa shape index (κ2) is 10.2. The predicted octanol–water partition coefficient (Wildman–Crippen LogP) is 6.33. The molecule has 1 aliphatic rings. The molecule has 2 N–H and O–H groups in total. The molecule has 41 heavy (non-hydrogen) atoms. The van der Waals surface area contributed by atoms with E-state index in [0.29, 0.717) is 45.1 Å². The second-order valence-corrected chi connectivity index (χ2v) is 10.2. The lowest BCUT2D eigenvalue weighted by molar-refractivity contribution is 0.0925. The number of methoxy groups -OCH3 is 1. The fourth-order valence-corrected chi connectivity index (χ4v) is 5.10. The number of benzene rings is 3. The molecule has 2 heterocycles. The van der Waals surface area contributed by atoms with E-state index in [2.05, 4.69) is 20.6 Å². The topological polar surface area (TPSA) is 106 Å². The van der Waals surface area contributed by atoms with Gasteiger partial charge >= 0.3 is 0 Å². The normalized spacial score (nSPS) is 13.6. The number of hydrogen-bond acceptors (Lipinski definition) is 6. The summed E-state index contributed by atoms with van der Waals surface area (Å²) in [5.74, 6) is 0.462. The third kappa shape index (κ3) is 4.91. The minimum Gasteiger partial charge on any atom is -0.496 e. The highest BCUT2D eigenvalue weighted by Gasteiger charge is 2.48. The number of carbonyl (C=O) groups excluding carboxylic acids is 2. The molecule has 1 aliphatic carbocycles. The number of amides is 2. The number of hydrogen-bond donors (Lipinski definition) is 2. The number of carbonyl (C=O) groups is 2. The van der Waals surface area contributed by atoms with Gasteiger partial charge in [-0.05, 0) is 98.0 Å². The smallest absolute Gasteiger partial charge is 0.259 e. The Labute approximate surface area is 235 Å². The number of halogens is 1. The maximum Gasteiger partial charge on any atom is 0.259 e. The lowest BCUT2D eigenvalue weighted by Gasteiger charge is -2.18. The maximum absolute atomic E-state index is 13.6. The van der Waals surface area contributed by atoms with E-state index in [1.54, 1.807) is 31.5 Å². The summed E-state index contributed by atoms with van der Waals surface area (Å²) in [6, 6.07) is 16.5. The molecule has 0 aliphatic heterocycles. The van der Waals surface area contributed by atoms with E-state index in [-0.39, 0.29) is 17.6 Å². The van der Waals surface area contributed by atoms with Crippen molar-refractivity contribution in [3.05, 3.63) is 107 Å². The van der Waals surface area contributed by atoms with Gasteiger partial charge in [0.05, 0.1) is 18.2 Å². The zero-order valence-electron chi connectivity index (χ0n) is 22.7. The Morgan fingerprint density at radius 3 is 2.39 bits per heavy atom. The molecule has 0 radical (unpaired) electrons. The number of fused-ring (bicyclic) bond motifs is 1. The lowest BCUT2D eigenvalue weighted by atomic mass is 9.95. The molecule has 2 aromatic heterocycles. The monoisotopic (exact) mass is 550 g/mol. The molecule has 0 bridgehead atoms. The van der Waals surface area contributed by atoms with Crippen LogP contribution in [-0.4, -0.2) is 28.9 Å². The van der Waals surface area contributed by atoms with Gasteiger partial charge in [-0.3, -0.25) is 9.59 Å². The van der Waals surface area contributed by atoms with Crippen LogP contribution in [-0.2, 0) is 5.54 Å². The van der Waals surface area contributed by atoms with Gasteiger partial charge in [-0.25, -0.2) is 14.4 Å². The van der Waals surface area contributed by atoms with E-state index in [1.807, 2.05) is 31.2 Å². The Hall–Kier alpha value is -5.05. The zero-order valence-corrected chi connectivity index (χ0v) is 22.7. The molecule has 1 saturated carbocycles. The quantitative estimate of drug-likeness (QED) is 0.245. The van der Waals surface area contributed by atoms with E-state index in [1.165, 1.54) is 31.4 Å². The van der Waals surface area contributed by atoms with E-state index in [9.17, 15) is 14.0 Å². The summed E-state index contributed by atoms with van der Waals surface area (Å²) in [6.07, 6.45) is 4.84. The van der Waals surface area contributed by atoms with Crippen LogP contribution in [0.4, 0.5) is 10.1 Å². The highest BCUT2D eigenvalue weighted by molar-refractivity contribution is 6.14. The molecule has 5 aromatic rings. The number of nitrogens with one attached hydrogen (secondary N) is 2. The number of nitrogens with zero attached hydrogens (tertiary/aromatic N) is 2. The van der Waals surface area contributed by atoms with Crippen molar-refractivity contribution in [2.24, 2.45) is 0 Å². The van der Waals surface area contributed by atoms with Gasteiger partial charge in [0.15, 0.2) is 5.82 Å². The van der Waals surface area contributed by atoms with E-state index in [0.717, 1.165) is 29.5 Å². The summed E-state index contributed by atoms with van der Waals surface area (Å²) in [4.78, 5) is 35.5. The van der Waals surface area contributed by atoms with Crippen LogP contribution in [0, 0.1) is 19.7 Å². The zero-order chi connectivity index (χ0) is 28.7. The second-order valence-electron chi connectivity index (χ2n) is 10.2. The number of aryl methyl sites for hydroxylation is 2. The molecule has 0 spiro atoms. The van der Waals surface area contributed by atoms with Crippen LogP contribution in [0.1, 0.15) is 50.7 Å². The van der Waals surface area contributed by atoms with Crippen molar-refractivity contribution in [1.82, 2.24) is 15.3 Å². The fourth-order valence-electron chi connectivity index (χ4n) is 5.10. The molecule has 6 rings (SSSR count). The summed E-state index contributed by atoms with van der Waals surface area (Å²) >= 11 is 0. The number of ether oxygens (including phenoxy) is 1. The Morgan fingerprint density at radius 1 is 0.976 bits per heavy atom. The molecule has 0 saturated heterocycles. The number of anilines is 1. The van der Waals surface area contributed by atoms with Gasteiger partial charge in [-0.15, -0.1) is 0 Å². The Bertz CT molecular complexity index is 1790. The molecular weight excluding hydrogens is 523 g/mol. The van der Waals surface area contributed by atoms with Crippen LogP contribution < -0.4 is 15.4 Å². The summed E-state index contributed by atoms with van der Waals surface area (Å²) in [6.45, 7) is 3.66. The van der Waals surface area contributed by atoms with Gasteiger partial charge in [0.25, 0.3) is 11.8 Å². The molecule has 8 nitrogen and oxygen atoms in total. The van der Waals surface area contributed by atoms with Crippen LogP contribution in [0.5, 0.6) is 5.75 Å². The first-order valence-corrected chi connectivity index (χ1v) is 13.2. The summed E-state index contributed by atoms with van der Waals surface area (Å²) < 4.78 is 24.8. The van der Waals surface area contributed by atoms with Crippen LogP contribution in [0.2, 0.25) is 0 Å². The van der Waals surface area contributed by atoms with Gasteiger partial charge in [0, 0.05) is 23.5 Å². The van der Waals surface area contributed by atoms with Crippen LogP contribution in [0.15, 0.2) is 77.5 Å². The van der Waals surface area contributed by atoms with Crippen molar-refractivity contribution in [1.29, 1.82) is 0 Å². The average molecular weight is 551 g/mol. The van der Waals surface area contributed by atoms with Crippen LogP contribution in [0.25, 0.3) is 22.1 Å². The van der Waals surface area contributed by atoms with E-state index >= 15 is 0 Å². The van der Waals surface area contributed by atoms with Crippen LogP contribution in [0.3, 0.4) is 0 Å². The Balaban J connectivity index is 1.36.